The molecule has 0 saturated carbocycles. The molecule has 2 heterocycles. The molecule has 0 bridgehead atoms. The highest BCUT2D eigenvalue weighted by atomic mass is 127. The van der Waals surface area contributed by atoms with Gasteiger partial charge in [0.1, 0.15) is 5.76 Å². The van der Waals surface area contributed by atoms with Gasteiger partial charge in [0.25, 0.3) is 0 Å². The number of guanidine groups is 1. The molecule has 8 heteroatoms. The lowest BCUT2D eigenvalue weighted by molar-refractivity contribution is 0.164. The van der Waals surface area contributed by atoms with Crippen LogP contribution >= 0.6 is 24.0 Å². The number of nitrogens with one attached hydrogen (secondary N) is 2. The number of piperidine rings is 1. The van der Waals surface area contributed by atoms with Gasteiger partial charge in [-0.1, -0.05) is 18.2 Å². The minimum atomic E-state index is 0. The highest BCUT2D eigenvalue weighted by molar-refractivity contribution is 14.0. The van der Waals surface area contributed by atoms with Crippen molar-refractivity contribution >= 4 is 35.6 Å². The zero-order valence-electron chi connectivity index (χ0n) is 20.6. The lowest BCUT2D eigenvalue weighted by Gasteiger charge is -2.31. The zero-order valence-corrected chi connectivity index (χ0v) is 23.0. The third-order valence-corrected chi connectivity index (χ3v) is 6.32. The van der Waals surface area contributed by atoms with E-state index in [1.54, 1.807) is 0 Å². The molecular formula is C25H41IN6O. The van der Waals surface area contributed by atoms with Crippen LogP contribution in [0.1, 0.15) is 43.5 Å². The van der Waals surface area contributed by atoms with Crippen LogP contribution in [0.15, 0.2) is 39.7 Å². The van der Waals surface area contributed by atoms with E-state index in [-0.39, 0.29) is 24.0 Å². The Morgan fingerprint density at radius 2 is 1.91 bits per heavy atom. The molecule has 0 spiro atoms. The molecule has 1 saturated heterocycles. The fraction of sp³-hybridized carbons (Fsp3) is 0.600. The molecule has 1 aromatic heterocycles. The fourth-order valence-corrected chi connectivity index (χ4v) is 4.19. The first-order valence-corrected chi connectivity index (χ1v) is 12.0. The first kappa shape index (κ1) is 27.4. The summed E-state index contributed by atoms with van der Waals surface area (Å²) in [5, 5.41) is 6.99. The number of halogens is 1. The Kier molecular flexibility index (Phi) is 12.0. The van der Waals surface area contributed by atoms with Gasteiger partial charge in [0.2, 0.25) is 5.89 Å². The molecule has 33 heavy (non-hydrogen) atoms. The maximum Gasteiger partial charge on any atom is 0.208 e. The van der Waals surface area contributed by atoms with E-state index in [0.717, 1.165) is 75.5 Å². The van der Waals surface area contributed by atoms with Gasteiger partial charge in [0.05, 0.1) is 12.2 Å². The van der Waals surface area contributed by atoms with Crippen molar-refractivity contribution in [1.82, 2.24) is 20.5 Å². The molecule has 0 radical (unpaired) electrons. The first-order valence-electron chi connectivity index (χ1n) is 12.0. The summed E-state index contributed by atoms with van der Waals surface area (Å²) in [4.78, 5) is 13.8. The van der Waals surface area contributed by atoms with Crippen molar-refractivity contribution in [3.8, 4) is 0 Å². The van der Waals surface area contributed by atoms with Crippen LogP contribution in [-0.4, -0.2) is 62.2 Å². The van der Waals surface area contributed by atoms with E-state index in [1.165, 1.54) is 18.5 Å². The van der Waals surface area contributed by atoms with Gasteiger partial charge in [-0.05, 0) is 71.2 Å². The number of aryl methyl sites for hydroxylation is 2. The smallest absolute Gasteiger partial charge is 0.208 e. The summed E-state index contributed by atoms with van der Waals surface area (Å²) < 4.78 is 5.74. The van der Waals surface area contributed by atoms with Gasteiger partial charge < -0.3 is 20.0 Å². The molecule has 1 aliphatic heterocycles. The molecule has 0 atom stereocenters. The maximum atomic E-state index is 5.74. The SMILES string of the molecule is CCN(CCCNC(=NC)NCC1CCN(Cc2nc(C)c(C)o2)CC1)c1ccccc1.I. The van der Waals surface area contributed by atoms with Crippen molar-refractivity contribution in [3.63, 3.8) is 0 Å². The third kappa shape index (κ3) is 8.81. The molecule has 1 aromatic carbocycles. The standard InChI is InChI=1S/C25H40N6O.HI/c1-5-31(23-10-7-6-8-11-23)15-9-14-27-25(26-4)28-18-22-12-16-30(17-13-22)19-24-29-20(2)21(3)32-24;/h6-8,10-11,22H,5,9,12-19H2,1-4H3,(H2,26,27,28);1H. The van der Waals surface area contributed by atoms with Crippen LogP contribution in [-0.2, 0) is 6.54 Å². The number of para-hydroxylation sites is 1. The second kappa shape index (κ2) is 14.5. The molecule has 7 nitrogen and oxygen atoms in total. The Labute approximate surface area is 216 Å². The lowest BCUT2D eigenvalue weighted by atomic mass is 9.97. The number of rotatable bonds is 10. The number of benzene rings is 1. The van der Waals surface area contributed by atoms with E-state index in [0.29, 0.717) is 5.92 Å². The summed E-state index contributed by atoms with van der Waals surface area (Å²) in [5.74, 6) is 3.35. The van der Waals surface area contributed by atoms with Gasteiger partial charge in [-0.3, -0.25) is 9.89 Å². The number of nitrogens with zero attached hydrogens (tertiary/aromatic N) is 4. The Balaban J connectivity index is 0.00000385. The van der Waals surface area contributed by atoms with Crippen LogP contribution in [0, 0.1) is 19.8 Å². The van der Waals surface area contributed by atoms with Gasteiger partial charge in [0.15, 0.2) is 5.96 Å². The van der Waals surface area contributed by atoms with E-state index in [4.69, 9.17) is 4.42 Å². The number of hydrogen-bond acceptors (Lipinski definition) is 5. The average Bonchev–Trinajstić information content (AvgIpc) is 3.14. The van der Waals surface area contributed by atoms with E-state index < -0.39 is 0 Å². The van der Waals surface area contributed by atoms with Crippen LogP contribution < -0.4 is 15.5 Å². The summed E-state index contributed by atoms with van der Waals surface area (Å²) >= 11 is 0. The summed E-state index contributed by atoms with van der Waals surface area (Å²) in [6, 6.07) is 10.6. The molecular weight excluding hydrogens is 527 g/mol. The van der Waals surface area contributed by atoms with Crippen LogP contribution in [0.25, 0.3) is 0 Å². The Morgan fingerprint density at radius 1 is 1.18 bits per heavy atom. The van der Waals surface area contributed by atoms with Crippen LogP contribution in [0.2, 0.25) is 0 Å². The summed E-state index contributed by atoms with van der Waals surface area (Å²) in [6.45, 7) is 13.1. The van der Waals surface area contributed by atoms with E-state index in [1.807, 2.05) is 20.9 Å². The zero-order chi connectivity index (χ0) is 22.8. The Hall–Kier alpha value is -1.81. The van der Waals surface area contributed by atoms with Crippen molar-refractivity contribution < 1.29 is 4.42 Å². The highest BCUT2D eigenvalue weighted by Gasteiger charge is 2.21. The van der Waals surface area contributed by atoms with Gasteiger partial charge in [0, 0.05) is 38.9 Å². The molecule has 0 aliphatic carbocycles. The molecule has 2 aromatic rings. The Morgan fingerprint density at radius 3 is 2.52 bits per heavy atom. The summed E-state index contributed by atoms with van der Waals surface area (Å²) in [5.41, 5.74) is 2.29. The monoisotopic (exact) mass is 568 g/mol. The molecule has 0 unspecified atom stereocenters. The van der Waals surface area contributed by atoms with Crippen LogP contribution in [0.5, 0.6) is 0 Å². The topological polar surface area (TPSA) is 68.9 Å². The quantitative estimate of drug-likeness (QED) is 0.194. The minimum Gasteiger partial charge on any atom is -0.444 e. The van der Waals surface area contributed by atoms with E-state index in [9.17, 15) is 0 Å². The molecule has 1 fully saturated rings. The molecule has 1 aliphatic rings. The molecule has 184 valence electrons. The average molecular weight is 569 g/mol. The fourth-order valence-electron chi connectivity index (χ4n) is 4.19. The number of oxazole rings is 1. The van der Waals surface area contributed by atoms with Crippen molar-refractivity contribution in [2.75, 3.05) is 51.2 Å². The Bertz CT molecular complexity index is 813. The maximum absolute atomic E-state index is 5.74. The van der Waals surface area contributed by atoms with Gasteiger partial charge in [-0.15, -0.1) is 24.0 Å². The number of aliphatic imine (C=N–C) groups is 1. The van der Waals surface area contributed by atoms with Crippen molar-refractivity contribution in [2.45, 2.75) is 46.6 Å². The molecule has 2 N–H and O–H groups in total. The van der Waals surface area contributed by atoms with Crippen LogP contribution in [0.4, 0.5) is 5.69 Å². The number of likely N-dealkylation sites (tertiary alicyclic amines) is 1. The highest BCUT2D eigenvalue weighted by Crippen LogP contribution is 2.19. The van der Waals surface area contributed by atoms with Crippen molar-refractivity contribution in [3.05, 3.63) is 47.7 Å². The minimum absolute atomic E-state index is 0. The molecule has 3 rings (SSSR count). The number of hydrogen-bond donors (Lipinski definition) is 2. The van der Waals surface area contributed by atoms with Crippen LogP contribution in [0.3, 0.4) is 0 Å². The van der Waals surface area contributed by atoms with Gasteiger partial charge in [-0.2, -0.15) is 0 Å². The number of aromatic nitrogens is 1. The summed E-state index contributed by atoms with van der Waals surface area (Å²) in [6.07, 6.45) is 3.44. The summed E-state index contributed by atoms with van der Waals surface area (Å²) in [7, 11) is 1.85. The van der Waals surface area contributed by atoms with Gasteiger partial charge >= 0.3 is 0 Å². The first-order chi connectivity index (χ1) is 15.6. The van der Waals surface area contributed by atoms with E-state index >= 15 is 0 Å². The number of anilines is 1. The van der Waals surface area contributed by atoms with Gasteiger partial charge in [-0.25, -0.2) is 4.98 Å². The second-order valence-electron chi connectivity index (χ2n) is 8.62. The molecule has 0 amide bonds. The predicted octanol–water partition coefficient (Wildman–Crippen LogP) is 4.20. The normalized spacial score (nSPS) is 15.2. The van der Waals surface area contributed by atoms with E-state index in [2.05, 4.69) is 67.7 Å². The second-order valence-corrected chi connectivity index (χ2v) is 8.62. The largest absolute Gasteiger partial charge is 0.444 e. The predicted molar refractivity (Wildman–Crippen MR) is 148 cm³/mol. The lowest BCUT2D eigenvalue weighted by Crippen LogP contribution is -2.43. The van der Waals surface area contributed by atoms with Crippen molar-refractivity contribution in [2.24, 2.45) is 10.9 Å². The van der Waals surface area contributed by atoms with Crippen molar-refractivity contribution in [1.29, 1.82) is 0 Å². The third-order valence-electron chi connectivity index (χ3n) is 6.32.